The number of carbonyl (C=O) groups is 1. The van der Waals surface area contributed by atoms with Gasteiger partial charge in [0.15, 0.2) is 5.75 Å². The summed E-state index contributed by atoms with van der Waals surface area (Å²) in [5, 5.41) is 3.91. The first kappa shape index (κ1) is 19.7. The lowest BCUT2D eigenvalue weighted by molar-refractivity contribution is 0.0996. The van der Waals surface area contributed by atoms with Crippen LogP contribution in [-0.4, -0.2) is 46.3 Å². The van der Waals surface area contributed by atoms with Crippen molar-refractivity contribution in [2.45, 2.75) is 26.4 Å². The standard InChI is InChI=1S/C20H19F2N5O3/c1-11-4-14(12-5-16(29-2)19(30-3)23-6-12)25-15-9-27(20(28)18(11)15)13-7-24-26(8-13)10-17(21)22/h4-8,17H,9-10H2,1-3H3. The molecule has 10 heteroatoms. The van der Waals surface area contributed by atoms with Crippen molar-refractivity contribution in [1.29, 1.82) is 0 Å². The second-order valence-electron chi connectivity index (χ2n) is 6.78. The van der Waals surface area contributed by atoms with E-state index in [1.807, 2.05) is 13.0 Å². The van der Waals surface area contributed by atoms with Gasteiger partial charge < -0.3 is 9.47 Å². The quantitative estimate of drug-likeness (QED) is 0.615. The van der Waals surface area contributed by atoms with Crippen molar-refractivity contribution >= 4 is 11.6 Å². The molecule has 0 aromatic carbocycles. The molecule has 0 bridgehead atoms. The molecule has 0 saturated carbocycles. The fourth-order valence-corrected chi connectivity index (χ4v) is 3.46. The summed E-state index contributed by atoms with van der Waals surface area (Å²) in [6.07, 6.45) is 1.94. The summed E-state index contributed by atoms with van der Waals surface area (Å²) in [4.78, 5) is 23.3. The molecule has 0 spiro atoms. The third-order valence-electron chi connectivity index (χ3n) is 4.84. The number of nitrogens with zero attached hydrogens (tertiary/aromatic N) is 5. The fraction of sp³-hybridized carbons (Fsp3) is 0.300. The van der Waals surface area contributed by atoms with Gasteiger partial charge in [-0.05, 0) is 24.6 Å². The Balaban J connectivity index is 1.67. The maximum atomic E-state index is 12.9. The van der Waals surface area contributed by atoms with E-state index in [4.69, 9.17) is 9.47 Å². The summed E-state index contributed by atoms with van der Waals surface area (Å²) in [5.74, 6) is 0.601. The number of carbonyl (C=O) groups excluding carboxylic acids is 1. The van der Waals surface area contributed by atoms with Crippen molar-refractivity contribution < 1.29 is 23.0 Å². The van der Waals surface area contributed by atoms with Crippen molar-refractivity contribution in [3.05, 3.63) is 47.5 Å². The average molecular weight is 415 g/mol. The first-order valence-corrected chi connectivity index (χ1v) is 9.12. The van der Waals surface area contributed by atoms with Gasteiger partial charge in [0.2, 0.25) is 0 Å². The Kier molecular flexibility index (Phi) is 5.06. The Bertz CT molecular complexity index is 1120. The second kappa shape index (κ2) is 7.69. The molecule has 0 N–H and O–H groups in total. The molecule has 0 radical (unpaired) electrons. The van der Waals surface area contributed by atoms with Gasteiger partial charge in [-0.25, -0.2) is 13.8 Å². The molecule has 156 valence electrons. The zero-order valence-electron chi connectivity index (χ0n) is 16.6. The van der Waals surface area contributed by atoms with Gasteiger partial charge >= 0.3 is 0 Å². The van der Waals surface area contributed by atoms with Gasteiger partial charge in [-0.15, -0.1) is 0 Å². The van der Waals surface area contributed by atoms with Gasteiger partial charge in [0, 0.05) is 18.0 Å². The van der Waals surface area contributed by atoms with E-state index in [-0.39, 0.29) is 12.5 Å². The summed E-state index contributed by atoms with van der Waals surface area (Å²) in [5.41, 5.74) is 3.68. The third-order valence-corrected chi connectivity index (χ3v) is 4.84. The number of halogens is 2. The van der Waals surface area contributed by atoms with E-state index >= 15 is 0 Å². The topological polar surface area (TPSA) is 82.4 Å². The Labute approximate surface area is 171 Å². The minimum absolute atomic E-state index is 0.226. The number of aryl methyl sites for hydroxylation is 1. The van der Waals surface area contributed by atoms with E-state index in [0.29, 0.717) is 39.8 Å². The zero-order valence-corrected chi connectivity index (χ0v) is 16.6. The summed E-state index contributed by atoms with van der Waals surface area (Å²) in [6.45, 7) is 1.53. The highest BCUT2D eigenvalue weighted by Gasteiger charge is 2.33. The monoisotopic (exact) mass is 415 g/mol. The van der Waals surface area contributed by atoms with E-state index in [2.05, 4.69) is 15.1 Å². The normalized spacial score (nSPS) is 13.1. The Hall–Kier alpha value is -3.56. The number of hydrogen-bond donors (Lipinski definition) is 0. The molecule has 1 amide bonds. The highest BCUT2D eigenvalue weighted by atomic mass is 19.3. The molecule has 0 unspecified atom stereocenters. The largest absolute Gasteiger partial charge is 0.491 e. The van der Waals surface area contributed by atoms with Gasteiger partial charge in [-0.2, -0.15) is 5.10 Å². The van der Waals surface area contributed by atoms with Gasteiger partial charge in [-0.3, -0.25) is 19.4 Å². The molecule has 3 aromatic rings. The molecular weight excluding hydrogens is 396 g/mol. The van der Waals surface area contributed by atoms with E-state index in [1.165, 1.54) is 31.5 Å². The molecule has 0 saturated heterocycles. The number of methoxy groups -OCH3 is 2. The molecule has 0 atom stereocenters. The SMILES string of the molecule is COc1cc(-c2cc(C)c3c(n2)CN(c2cnn(CC(F)F)c2)C3=O)cnc1OC. The van der Waals surface area contributed by atoms with Crippen LogP contribution in [0, 0.1) is 6.92 Å². The van der Waals surface area contributed by atoms with Gasteiger partial charge in [0.25, 0.3) is 18.2 Å². The van der Waals surface area contributed by atoms with Crippen molar-refractivity contribution in [2.24, 2.45) is 0 Å². The number of fused-ring (bicyclic) bond motifs is 1. The number of anilines is 1. The maximum absolute atomic E-state index is 12.9. The van der Waals surface area contributed by atoms with Crippen molar-refractivity contribution in [3.63, 3.8) is 0 Å². The summed E-state index contributed by atoms with van der Waals surface area (Å²) >= 11 is 0. The lowest BCUT2D eigenvalue weighted by atomic mass is 10.1. The molecule has 4 rings (SSSR count). The van der Waals surface area contributed by atoms with E-state index < -0.39 is 13.0 Å². The predicted molar refractivity (Wildman–Crippen MR) is 104 cm³/mol. The fourth-order valence-electron chi connectivity index (χ4n) is 3.46. The second-order valence-corrected chi connectivity index (χ2v) is 6.78. The van der Waals surface area contributed by atoms with Crippen LogP contribution in [0.3, 0.4) is 0 Å². The minimum Gasteiger partial charge on any atom is -0.491 e. The van der Waals surface area contributed by atoms with Crippen LogP contribution in [-0.2, 0) is 13.1 Å². The van der Waals surface area contributed by atoms with Gasteiger partial charge in [-0.1, -0.05) is 0 Å². The van der Waals surface area contributed by atoms with E-state index in [0.717, 1.165) is 10.2 Å². The summed E-state index contributed by atoms with van der Waals surface area (Å²) in [6, 6.07) is 3.58. The lowest BCUT2D eigenvalue weighted by Gasteiger charge is -2.12. The van der Waals surface area contributed by atoms with Crippen molar-refractivity contribution in [1.82, 2.24) is 19.7 Å². The first-order chi connectivity index (χ1) is 14.4. The van der Waals surface area contributed by atoms with Crippen LogP contribution in [0.1, 0.15) is 21.6 Å². The molecule has 1 aliphatic rings. The number of alkyl halides is 2. The number of aromatic nitrogens is 4. The Morgan fingerprint density at radius 3 is 2.70 bits per heavy atom. The third kappa shape index (κ3) is 3.44. The predicted octanol–water partition coefficient (Wildman–Crippen LogP) is 3.09. The zero-order chi connectivity index (χ0) is 21.4. The number of amides is 1. The highest BCUT2D eigenvalue weighted by Crippen LogP contribution is 2.34. The number of hydrogen-bond acceptors (Lipinski definition) is 6. The molecule has 3 aromatic heterocycles. The van der Waals surface area contributed by atoms with Crippen LogP contribution in [0.25, 0.3) is 11.3 Å². The number of pyridine rings is 2. The average Bonchev–Trinajstić information content (AvgIpc) is 3.31. The van der Waals surface area contributed by atoms with Gasteiger partial charge in [0.05, 0.1) is 49.6 Å². The van der Waals surface area contributed by atoms with Crippen molar-refractivity contribution in [2.75, 3.05) is 19.1 Å². The van der Waals surface area contributed by atoms with Gasteiger partial charge in [0.1, 0.15) is 6.54 Å². The Morgan fingerprint density at radius 2 is 2.00 bits per heavy atom. The number of ether oxygens (including phenoxy) is 2. The first-order valence-electron chi connectivity index (χ1n) is 9.12. The Morgan fingerprint density at radius 1 is 1.20 bits per heavy atom. The molecule has 8 nitrogen and oxygen atoms in total. The molecule has 1 aliphatic heterocycles. The summed E-state index contributed by atoms with van der Waals surface area (Å²) < 4.78 is 36.8. The van der Waals surface area contributed by atoms with Crippen LogP contribution in [0.2, 0.25) is 0 Å². The van der Waals surface area contributed by atoms with Crippen LogP contribution in [0.4, 0.5) is 14.5 Å². The van der Waals surface area contributed by atoms with E-state index in [9.17, 15) is 13.6 Å². The maximum Gasteiger partial charge on any atom is 0.260 e. The molecular formula is C20H19F2N5O3. The number of rotatable bonds is 6. The highest BCUT2D eigenvalue weighted by molar-refractivity contribution is 6.10. The molecule has 4 heterocycles. The molecule has 30 heavy (non-hydrogen) atoms. The molecule has 0 aliphatic carbocycles. The van der Waals surface area contributed by atoms with Crippen LogP contribution in [0.15, 0.2) is 30.7 Å². The van der Waals surface area contributed by atoms with Crippen LogP contribution < -0.4 is 14.4 Å². The van der Waals surface area contributed by atoms with Crippen LogP contribution in [0.5, 0.6) is 11.6 Å². The van der Waals surface area contributed by atoms with Crippen molar-refractivity contribution in [3.8, 4) is 22.9 Å². The summed E-state index contributed by atoms with van der Waals surface area (Å²) in [7, 11) is 3.03. The minimum atomic E-state index is -2.52. The molecule has 0 fully saturated rings. The van der Waals surface area contributed by atoms with E-state index in [1.54, 1.807) is 12.3 Å². The lowest BCUT2D eigenvalue weighted by Crippen LogP contribution is -2.23. The smallest absolute Gasteiger partial charge is 0.260 e. The van der Waals surface area contributed by atoms with Crippen LogP contribution >= 0.6 is 0 Å².